The molecule has 1 N–H and O–H groups in total. The molecule has 0 spiro atoms. The lowest BCUT2D eigenvalue weighted by molar-refractivity contribution is -0.139. The predicted octanol–water partition coefficient (Wildman–Crippen LogP) is 4.43. The van der Waals surface area contributed by atoms with E-state index in [1.165, 1.54) is 0 Å². The van der Waals surface area contributed by atoms with E-state index >= 15 is 0 Å². The van der Waals surface area contributed by atoms with Crippen molar-refractivity contribution in [2.24, 2.45) is 0 Å². The highest BCUT2D eigenvalue weighted by atomic mass is 16.6. The summed E-state index contributed by atoms with van der Waals surface area (Å²) in [6.45, 7) is 0.216. The molecule has 3 aromatic carbocycles. The van der Waals surface area contributed by atoms with Crippen LogP contribution in [0.15, 0.2) is 78.9 Å². The van der Waals surface area contributed by atoms with Gasteiger partial charge in [0.15, 0.2) is 6.61 Å². The van der Waals surface area contributed by atoms with Crippen molar-refractivity contribution in [2.75, 3.05) is 13.2 Å². The van der Waals surface area contributed by atoms with E-state index in [0.29, 0.717) is 18.7 Å². The van der Waals surface area contributed by atoms with Gasteiger partial charge in [0.1, 0.15) is 12.4 Å². The largest absolute Gasteiger partial charge is 0.482 e. The minimum atomic E-state index is -1.06. The van der Waals surface area contributed by atoms with E-state index in [1.807, 2.05) is 60.7 Å². The fourth-order valence-electron chi connectivity index (χ4n) is 3.88. The number of hydrogen-bond donors (Lipinski definition) is 1. The lowest BCUT2D eigenvalue weighted by Gasteiger charge is -2.37. The van der Waals surface area contributed by atoms with Crippen molar-refractivity contribution in [1.82, 2.24) is 4.90 Å². The number of carbonyl (C=O) groups excluding carboxylic acids is 1. The molecule has 4 rings (SSSR count). The maximum absolute atomic E-state index is 13.1. The number of carboxylic acids is 1. The van der Waals surface area contributed by atoms with Gasteiger partial charge in [-0.3, -0.25) is 4.90 Å². The monoisotopic (exact) mass is 417 g/mol. The Labute approximate surface area is 180 Å². The molecule has 0 saturated heterocycles. The molecule has 3 aromatic rings. The molecule has 1 unspecified atom stereocenters. The average molecular weight is 417 g/mol. The molecule has 0 fully saturated rings. The summed E-state index contributed by atoms with van der Waals surface area (Å²) >= 11 is 0. The number of carboxylic acid groups (broad SMARTS) is 1. The molecule has 1 aliphatic heterocycles. The van der Waals surface area contributed by atoms with Crippen LogP contribution in [-0.2, 0) is 22.6 Å². The molecule has 6 nitrogen and oxygen atoms in total. The smallest absolute Gasteiger partial charge is 0.410 e. The number of carbonyl (C=O) groups is 2. The topological polar surface area (TPSA) is 76.1 Å². The quantitative estimate of drug-likeness (QED) is 0.642. The van der Waals surface area contributed by atoms with E-state index < -0.39 is 24.7 Å². The third kappa shape index (κ3) is 4.69. The Morgan fingerprint density at radius 2 is 1.58 bits per heavy atom. The summed E-state index contributed by atoms with van der Waals surface area (Å²) in [5, 5.41) is 9.04. The van der Waals surface area contributed by atoms with E-state index in [1.54, 1.807) is 17.0 Å². The average Bonchev–Trinajstić information content (AvgIpc) is 2.81. The highest BCUT2D eigenvalue weighted by molar-refractivity contribution is 5.71. The van der Waals surface area contributed by atoms with Gasteiger partial charge >= 0.3 is 12.1 Å². The molecule has 1 atom stereocenters. The Balaban J connectivity index is 1.66. The first-order valence-corrected chi connectivity index (χ1v) is 10.1. The van der Waals surface area contributed by atoms with Gasteiger partial charge < -0.3 is 14.6 Å². The number of ether oxygens (including phenoxy) is 2. The molecule has 1 aliphatic rings. The number of hydrogen-bond acceptors (Lipinski definition) is 4. The molecule has 1 amide bonds. The fraction of sp³-hybridized carbons (Fsp3) is 0.200. The Bertz CT molecular complexity index is 1070. The standard InChI is InChI=1S/C25H23NO5/c27-23(28)17-30-22-13-7-6-12-21(22)24-20-11-5-4-10-19(20)14-15-26(24)25(29)31-16-18-8-2-1-3-9-18/h1-13,24H,14-17H2,(H,27,28). The molecule has 158 valence electrons. The molecule has 0 bridgehead atoms. The van der Waals surface area contributed by atoms with Gasteiger partial charge in [0, 0.05) is 12.1 Å². The first-order chi connectivity index (χ1) is 15.1. The molecule has 6 heteroatoms. The summed E-state index contributed by atoms with van der Waals surface area (Å²) in [4.78, 5) is 25.8. The lowest BCUT2D eigenvalue weighted by atomic mass is 9.88. The number of fused-ring (bicyclic) bond motifs is 1. The van der Waals surface area contributed by atoms with Crippen LogP contribution in [-0.4, -0.2) is 35.2 Å². The van der Waals surface area contributed by atoms with Gasteiger partial charge in [0.2, 0.25) is 0 Å². The van der Waals surface area contributed by atoms with Crippen molar-refractivity contribution in [3.8, 4) is 5.75 Å². The van der Waals surface area contributed by atoms with E-state index in [-0.39, 0.29) is 6.61 Å². The van der Waals surface area contributed by atoms with Crippen LogP contribution in [0.3, 0.4) is 0 Å². The molecule has 31 heavy (non-hydrogen) atoms. The second-order valence-electron chi connectivity index (χ2n) is 7.31. The van der Waals surface area contributed by atoms with Gasteiger partial charge in [0.25, 0.3) is 0 Å². The number of amides is 1. The third-order valence-electron chi connectivity index (χ3n) is 5.29. The molecule has 0 radical (unpaired) electrons. The summed E-state index contributed by atoms with van der Waals surface area (Å²) in [7, 11) is 0. The maximum Gasteiger partial charge on any atom is 0.410 e. The summed E-state index contributed by atoms with van der Waals surface area (Å²) in [6, 6.07) is 24.3. The van der Waals surface area contributed by atoms with Crippen molar-refractivity contribution in [3.63, 3.8) is 0 Å². The number of para-hydroxylation sites is 1. The first-order valence-electron chi connectivity index (χ1n) is 10.1. The van der Waals surface area contributed by atoms with Crippen molar-refractivity contribution in [2.45, 2.75) is 19.1 Å². The Morgan fingerprint density at radius 1 is 0.903 bits per heavy atom. The molecular formula is C25H23NO5. The normalized spacial score (nSPS) is 15.1. The van der Waals surface area contributed by atoms with Gasteiger partial charge in [-0.15, -0.1) is 0 Å². The minimum Gasteiger partial charge on any atom is -0.482 e. The van der Waals surface area contributed by atoms with Crippen molar-refractivity contribution >= 4 is 12.1 Å². The molecule has 0 aromatic heterocycles. The van der Waals surface area contributed by atoms with Crippen LogP contribution in [0.2, 0.25) is 0 Å². The number of nitrogens with zero attached hydrogens (tertiary/aromatic N) is 1. The second kappa shape index (κ2) is 9.34. The van der Waals surface area contributed by atoms with Gasteiger partial charge in [0.05, 0.1) is 6.04 Å². The summed E-state index contributed by atoms with van der Waals surface area (Å²) in [5.41, 5.74) is 3.77. The molecule has 0 aliphatic carbocycles. The van der Waals surface area contributed by atoms with Crippen molar-refractivity contribution in [1.29, 1.82) is 0 Å². The van der Waals surface area contributed by atoms with Gasteiger partial charge in [-0.05, 0) is 29.2 Å². The third-order valence-corrected chi connectivity index (χ3v) is 5.29. The van der Waals surface area contributed by atoms with Gasteiger partial charge in [-0.25, -0.2) is 9.59 Å². The summed E-state index contributed by atoms with van der Waals surface area (Å²) < 4.78 is 11.2. The fourth-order valence-corrected chi connectivity index (χ4v) is 3.88. The SMILES string of the molecule is O=C(O)COc1ccccc1C1c2ccccc2CCN1C(=O)OCc1ccccc1. The van der Waals surface area contributed by atoms with Crippen LogP contribution in [0.4, 0.5) is 4.79 Å². The Kier molecular flexibility index (Phi) is 6.17. The van der Waals surface area contributed by atoms with Crippen LogP contribution in [0, 0.1) is 0 Å². The number of rotatable bonds is 6. The van der Waals surface area contributed by atoms with E-state index in [0.717, 1.165) is 22.3 Å². The zero-order chi connectivity index (χ0) is 21.6. The van der Waals surface area contributed by atoms with E-state index in [9.17, 15) is 9.59 Å². The summed E-state index contributed by atoms with van der Waals surface area (Å²) in [5.74, 6) is -0.620. The van der Waals surface area contributed by atoms with E-state index in [4.69, 9.17) is 14.6 Å². The molecule has 1 heterocycles. The van der Waals surface area contributed by atoms with Crippen LogP contribution < -0.4 is 4.74 Å². The van der Waals surface area contributed by atoms with Gasteiger partial charge in [-0.1, -0.05) is 72.8 Å². The Morgan fingerprint density at radius 3 is 2.35 bits per heavy atom. The Hall–Kier alpha value is -3.80. The lowest BCUT2D eigenvalue weighted by Crippen LogP contribution is -2.41. The summed E-state index contributed by atoms with van der Waals surface area (Å²) in [6.07, 6.45) is 0.294. The van der Waals surface area contributed by atoms with Crippen LogP contribution in [0.25, 0.3) is 0 Å². The number of benzene rings is 3. The highest BCUT2D eigenvalue weighted by Gasteiger charge is 2.34. The first kappa shape index (κ1) is 20.5. The van der Waals surface area contributed by atoms with Crippen molar-refractivity contribution in [3.05, 3.63) is 101 Å². The molecular weight excluding hydrogens is 394 g/mol. The van der Waals surface area contributed by atoms with E-state index in [2.05, 4.69) is 6.07 Å². The second-order valence-corrected chi connectivity index (χ2v) is 7.31. The highest BCUT2D eigenvalue weighted by Crippen LogP contribution is 2.39. The number of aliphatic carboxylic acids is 1. The maximum atomic E-state index is 13.1. The zero-order valence-corrected chi connectivity index (χ0v) is 16.9. The van der Waals surface area contributed by atoms with Crippen molar-refractivity contribution < 1.29 is 24.2 Å². The van der Waals surface area contributed by atoms with Crippen LogP contribution in [0.5, 0.6) is 5.75 Å². The minimum absolute atomic E-state index is 0.182. The van der Waals surface area contributed by atoms with Crippen LogP contribution in [0.1, 0.15) is 28.3 Å². The zero-order valence-electron chi connectivity index (χ0n) is 16.9. The predicted molar refractivity (Wildman–Crippen MR) is 115 cm³/mol. The molecule has 0 saturated carbocycles. The van der Waals surface area contributed by atoms with Crippen LogP contribution >= 0.6 is 0 Å². The van der Waals surface area contributed by atoms with Gasteiger partial charge in [-0.2, -0.15) is 0 Å².